The van der Waals surface area contributed by atoms with Gasteiger partial charge in [0.15, 0.2) is 0 Å². The maximum atomic E-state index is 12.6. The first-order chi connectivity index (χ1) is 38.0. The molecule has 0 aliphatic rings. The average Bonchev–Trinajstić information content (AvgIpc) is 3.24. The van der Waals surface area contributed by atoms with E-state index in [4.69, 9.17) is 14.6 Å². The molecule has 70 heavy (non-hydrogen) atoms. The zero-order valence-corrected chi connectivity index (χ0v) is 45.2. The Kier molecular flexibility index (Phi) is 11.0. The molecule has 5 heteroatoms. The number of para-hydroxylation sites is 1. The number of phenols is 1. The fourth-order valence-electron chi connectivity index (χ4n) is 9.45. The van der Waals surface area contributed by atoms with E-state index in [1.807, 2.05) is 51.1 Å². The van der Waals surface area contributed by atoms with Gasteiger partial charge in [-0.1, -0.05) is 180 Å². The third kappa shape index (κ3) is 9.75. The second-order valence-electron chi connectivity index (χ2n) is 20.5. The first-order valence-corrected chi connectivity index (χ1v) is 24.3. The molecule has 0 atom stereocenters. The van der Waals surface area contributed by atoms with Crippen molar-refractivity contribution in [3.8, 4) is 67.5 Å². The van der Waals surface area contributed by atoms with E-state index < -0.39 is 78.1 Å². The summed E-state index contributed by atoms with van der Waals surface area (Å²) in [6, 6.07) is 23.7. The molecule has 0 aliphatic carbocycles. The van der Waals surface area contributed by atoms with Crippen molar-refractivity contribution in [2.24, 2.45) is 0 Å². The molecule has 8 aromatic rings. The number of nitrogens with zero attached hydrogens (tertiary/aromatic N) is 3. The maximum Gasteiger partial charge on any atom is 0.148 e. The van der Waals surface area contributed by atoms with Crippen molar-refractivity contribution in [2.45, 2.75) is 151 Å². The van der Waals surface area contributed by atoms with Crippen LogP contribution in [0.15, 0.2) is 127 Å². The maximum absolute atomic E-state index is 12.6. The predicted octanol–water partition coefficient (Wildman–Crippen LogP) is 18.3. The molecule has 2 heterocycles. The normalized spacial score (nSPS) is 15.4. The minimum atomic E-state index is -2.71. The van der Waals surface area contributed by atoms with Crippen LogP contribution in [0, 0.1) is 12.9 Å². The first-order valence-electron chi connectivity index (χ1n) is 30.8. The van der Waals surface area contributed by atoms with Gasteiger partial charge in [0.2, 0.25) is 0 Å². The van der Waals surface area contributed by atoms with E-state index in [-0.39, 0.29) is 82.7 Å². The Bertz CT molecular complexity index is 3770. The molecule has 366 valence electrons. The second kappa shape index (κ2) is 20.6. The monoisotopic (exact) mass is 1120 g/mol. The van der Waals surface area contributed by atoms with Gasteiger partial charge in [0.1, 0.15) is 11.6 Å². The van der Waals surface area contributed by atoms with Gasteiger partial charge in [-0.2, -0.15) is 0 Å². The number of rotatable bonds is 14. The average molecular weight is 1120 g/mol. The van der Waals surface area contributed by atoms with Gasteiger partial charge in [-0.05, 0) is 141 Å². The summed E-state index contributed by atoms with van der Waals surface area (Å²) in [5.74, 6) is -2.70. The van der Waals surface area contributed by atoms with Crippen LogP contribution in [0.2, 0.25) is 0 Å². The number of aromatic nitrogens is 3. The summed E-state index contributed by atoms with van der Waals surface area (Å²) in [5, 5.41) is 12.6. The summed E-state index contributed by atoms with van der Waals surface area (Å²) in [6.45, 7) is 23.3. The van der Waals surface area contributed by atoms with Gasteiger partial charge in [0.05, 0.1) is 33.3 Å². The van der Waals surface area contributed by atoms with Gasteiger partial charge >= 0.3 is 0 Å². The number of fused-ring (bicyclic) bond motifs is 1. The molecule has 0 unspecified atom stereocenters. The van der Waals surface area contributed by atoms with Gasteiger partial charge in [-0.15, -0.1) is 29.3 Å². The number of aryl methyl sites for hydroxylation is 1. The summed E-state index contributed by atoms with van der Waals surface area (Å²) in [4.78, 5) is 9.82. The standard InChI is InChI=1S/C65H74N3O.Pt/c1-15-64(13,16-2)54-27-23-28-55(65(14,17-3)18-4)59(54)46-30-31-57(43(9)34-46)68-58-29-22-26-51(60(58)67-62(68)53-39-47(41(5)6)38-52(42(7)8)61(53)69)48-35-49(37-50(36-48)63(10,11)12)56-40-45(32-33-66-56)44-24-20-19-21-25-44;/h19-34,36-42,69H,15-18H2,1-14H3;/q-1;/i9D3,19D,20D,21D,24D,25D,32D,33D,40D,41D,42D;. The van der Waals surface area contributed by atoms with Crippen molar-refractivity contribution in [3.63, 3.8) is 0 Å². The number of hydrogen-bond acceptors (Lipinski definition) is 3. The van der Waals surface area contributed by atoms with Crippen LogP contribution < -0.4 is 0 Å². The summed E-state index contributed by atoms with van der Waals surface area (Å²) in [7, 11) is 0. The van der Waals surface area contributed by atoms with Crippen molar-refractivity contribution in [3.05, 3.63) is 167 Å². The van der Waals surface area contributed by atoms with Gasteiger partial charge in [0, 0.05) is 39.8 Å². The van der Waals surface area contributed by atoms with Gasteiger partial charge in [-0.3, -0.25) is 9.55 Å². The Morgan fingerprint density at radius 3 is 1.96 bits per heavy atom. The van der Waals surface area contributed by atoms with Crippen LogP contribution in [0.3, 0.4) is 0 Å². The molecule has 6 aromatic carbocycles. The van der Waals surface area contributed by atoms with E-state index in [1.165, 1.54) is 0 Å². The Hall–Kier alpha value is -5.57. The molecule has 4 nitrogen and oxygen atoms in total. The van der Waals surface area contributed by atoms with Crippen LogP contribution in [0.4, 0.5) is 0 Å². The molecule has 0 fully saturated rings. The van der Waals surface area contributed by atoms with Crippen LogP contribution in [0.5, 0.6) is 5.75 Å². The van der Waals surface area contributed by atoms with E-state index in [9.17, 15) is 13.3 Å². The molecule has 0 radical (unpaired) electrons. The SMILES string of the molecule is [2H]c1nc(-c2[c-]c(-c3cccc4c3nc(-c3cc(C([2H])(C)C)cc(C([2H])(C)C)c3O)n4-c3ccc(-c4c(C(C)(CC)CC)cccc4C(C)(CC)CC)cc3C([2H])([2H])[2H])cc(C(C)(C)C)c2)c([2H])c(-c2c([2H])c([2H])c([2H])c([2H])c2[2H])c1[2H].[Pt]. The molecule has 8 rings (SSSR count). The number of aromatic hydroxyl groups is 1. The van der Waals surface area contributed by atoms with Gasteiger partial charge < -0.3 is 5.11 Å². The van der Waals surface area contributed by atoms with Crippen molar-refractivity contribution >= 4 is 11.0 Å². The fourth-order valence-corrected chi connectivity index (χ4v) is 9.45. The van der Waals surface area contributed by atoms with E-state index in [1.54, 1.807) is 62.6 Å². The molecule has 0 spiro atoms. The smallest absolute Gasteiger partial charge is 0.148 e. The minimum absolute atomic E-state index is 0. The molecule has 2 aromatic heterocycles. The van der Waals surface area contributed by atoms with E-state index in [2.05, 4.69) is 70.8 Å². The van der Waals surface area contributed by atoms with E-state index in [0.29, 0.717) is 27.7 Å². The largest absolute Gasteiger partial charge is 0.507 e. The van der Waals surface area contributed by atoms with Crippen LogP contribution in [0.1, 0.15) is 179 Å². The summed E-state index contributed by atoms with van der Waals surface area (Å²) < 4.78 is 118. The molecular weight excluding hydrogens is 1030 g/mol. The number of phenolic OH excluding ortho intramolecular Hbond substituents is 1. The summed E-state index contributed by atoms with van der Waals surface area (Å²) >= 11 is 0. The third-order valence-corrected chi connectivity index (χ3v) is 14.8. The minimum Gasteiger partial charge on any atom is -0.507 e. The van der Waals surface area contributed by atoms with Crippen LogP contribution in [0.25, 0.3) is 72.7 Å². The van der Waals surface area contributed by atoms with Crippen LogP contribution >= 0.6 is 0 Å². The van der Waals surface area contributed by atoms with Crippen molar-refractivity contribution in [1.29, 1.82) is 0 Å². The van der Waals surface area contributed by atoms with Crippen molar-refractivity contribution in [2.75, 3.05) is 0 Å². The fraction of sp³-hybridized carbons (Fsp3) is 0.354. The Labute approximate surface area is 452 Å². The molecule has 0 amide bonds. The van der Waals surface area contributed by atoms with Crippen molar-refractivity contribution < 1.29 is 44.0 Å². The first kappa shape index (κ1) is 37.2. The topological polar surface area (TPSA) is 50.9 Å². The van der Waals surface area contributed by atoms with Gasteiger partial charge in [-0.25, -0.2) is 4.98 Å². The molecule has 1 N–H and O–H groups in total. The molecule has 0 aliphatic heterocycles. The predicted molar refractivity (Wildman–Crippen MR) is 294 cm³/mol. The van der Waals surface area contributed by atoms with Gasteiger partial charge in [0.25, 0.3) is 0 Å². The quantitative estimate of drug-likeness (QED) is 0.110. The number of benzene rings is 6. The van der Waals surface area contributed by atoms with Crippen LogP contribution in [-0.2, 0) is 37.3 Å². The second-order valence-corrected chi connectivity index (χ2v) is 20.5. The number of hydrogen-bond donors (Lipinski definition) is 1. The molecule has 0 saturated heterocycles. The summed E-state index contributed by atoms with van der Waals surface area (Å²) in [6.07, 6.45) is 2.82. The van der Waals surface area contributed by atoms with Crippen LogP contribution in [-0.4, -0.2) is 19.6 Å². The van der Waals surface area contributed by atoms with Crippen molar-refractivity contribution in [1.82, 2.24) is 14.5 Å². The number of imidazole rings is 1. The third-order valence-electron chi connectivity index (χ3n) is 14.8. The Morgan fingerprint density at radius 1 is 0.714 bits per heavy atom. The van der Waals surface area contributed by atoms with E-state index in [0.717, 1.165) is 53.5 Å². The van der Waals surface area contributed by atoms with E-state index >= 15 is 0 Å². The molecular formula is C65H74N3OPt-. The number of pyridine rings is 1. The zero-order valence-electron chi connectivity index (χ0n) is 55.9. The molecule has 0 saturated carbocycles. The molecule has 0 bridgehead atoms. The Morgan fingerprint density at radius 2 is 1.36 bits per heavy atom. The Balaban J connectivity index is 0.00000990. The summed E-state index contributed by atoms with van der Waals surface area (Å²) in [5.41, 5.74) is 5.93. The zero-order chi connectivity index (χ0) is 60.9.